The van der Waals surface area contributed by atoms with Gasteiger partial charge in [0.15, 0.2) is 5.78 Å². The fourth-order valence-electron chi connectivity index (χ4n) is 9.13. The number of hydrogen-bond donors (Lipinski definition) is 3. The topological polar surface area (TPSA) is 196 Å². The van der Waals surface area contributed by atoms with E-state index in [0.717, 1.165) is 59.5 Å². The zero-order valence-electron chi connectivity index (χ0n) is 39.2. The van der Waals surface area contributed by atoms with Gasteiger partial charge in [0, 0.05) is 76.4 Å². The average molecular weight is 1030 g/mol. The highest BCUT2D eigenvalue weighted by Gasteiger charge is 2.45. The number of halogens is 3. The van der Waals surface area contributed by atoms with Crippen LogP contribution < -0.4 is 26.0 Å². The summed E-state index contributed by atoms with van der Waals surface area (Å²) in [4.78, 5) is 44.8. The van der Waals surface area contributed by atoms with Crippen molar-refractivity contribution in [2.45, 2.75) is 57.4 Å². The van der Waals surface area contributed by atoms with Gasteiger partial charge >= 0.3 is 11.7 Å². The molecule has 2 aliphatic heterocycles. The van der Waals surface area contributed by atoms with Gasteiger partial charge in [-0.25, -0.2) is 32.5 Å². The van der Waals surface area contributed by atoms with Crippen LogP contribution in [0.15, 0.2) is 137 Å². The smallest absolute Gasteiger partial charge is 0.350 e. The zero-order valence-corrected chi connectivity index (χ0v) is 40.7. The first-order chi connectivity index (χ1) is 34.2. The lowest BCUT2D eigenvalue weighted by Gasteiger charge is -2.37. The van der Waals surface area contributed by atoms with Gasteiger partial charge in [-0.1, -0.05) is 41.1 Å². The number of nitrogens with two attached hydrogens (primary N) is 1. The summed E-state index contributed by atoms with van der Waals surface area (Å²) < 4.78 is 46.4. The number of carbonyl (C=O) groups is 2. The number of carboxylic acid groups (broad SMARTS) is 1. The number of aliphatic carboxylic acids is 1. The van der Waals surface area contributed by atoms with Crippen molar-refractivity contribution < 1.29 is 38.1 Å². The van der Waals surface area contributed by atoms with E-state index < -0.39 is 29.3 Å². The molecule has 0 aliphatic carbocycles. The van der Waals surface area contributed by atoms with Crippen LogP contribution in [-0.4, -0.2) is 96.6 Å². The molecule has 4 heterocycles. The number of aliphatic hydroxyl groups is 1. The molecule has 0 spiro atoms. The molecule has 2 aromatic heterocycles. The molecule has 7 aromatic rings. The summed E-state index contributed by atoms with van der Waals surface area (Å²) in [7, 11) is 0. The molecule has 2 fully saturated rings. The highest BCUT2D eigenvalue weighted by atomic mass is 79.9. The highest BCUT2D eigenvalue weighted by Crippen LogP contribution is 2.42. The summed E-state index contributed by atoms with van der Waals surface area (Å²) in [6.07, 6.45) is 4.68. The molecule has 4 N–H and O–H groups in total. The summed E-state index contributed by atoms with van der Waals surface area (Å²) >= 11 is 3.30. The number of hydrogen-bond acceptors (Lipinski definition) is 12. The third kappa shape index (κ3) is 11.7. The monoisotopic (exact) mass is 1030 g/mol. The third-order valence-electron chi connectivity index (χ3n) is 12.9. The lowest BCUT2D eigenvalue weighted by Crippen LogP contribution is -2.46. The Bertz CT molecular complexity index is 2980. The minimum atomic E-state index is -1.02. The first-order valence-corrected chi connectivity index (χ1v) is 24.0. The number of aliphatic hydroxyl groups excluding tert-OH is 1. The van der Waals surface area contributed by atoms with E-state index in [1.54, 1.807) is 60.4 Å². The molecule has 16 nitrogen and oxygen atoms in total. The Morgan fingerprint density at radius 1 is 0.901 bits per heavy atom. The highest BCUT2D eigenvalue weighted by molar-refractivity contribution is 9.10. The molecule has 370 valence electrons. The molecule has 0 amide bonds. The molecule has 71 heavy (non-hydrogen) atoms. The van der Waals surface area contributed by atoms with Crippen molar-refractivity contribution in [3.05, 3.63) is 177 Å². The fourth-order valence-corrected chi connectivity index (χ4v) is 9.39. The molecule has 0 radical (unpaired) electrons. The van der Waals surface area contributed by atoms with E-state index in [9.17, 15) is 28.3 Å². The van der Waals surface area contributed by atoms with Crippen molar-refractivity contribution in [1.82, 2.24) is 29.1 Å². The maximum Gasteiger partial charge on any atom is 0.350 e. The predicted molar refractivity (Wildman–Crippen MR) is 267 cm³/mol. The Balaban J connectivity index is 0.000000283. The number of rotatable bonds is 16. The summed E-state index contributed by atoms with van der Waals surface area (Å²) in [6, 6.07) is 30.9. The molecule has 9 rings (SSSR count). The average Bonchev–Trinajstić information content (AvgIpc) is 4.13. The fraction of sp³-hybridized carbons (Fsp3) is 0.308. The van der Waals surface area contributed by atoms with E-state index >= 15 is 0 Å². The van der Waals surface area contributed by atoms with Crippen LogP contribution in [0.2, 0.25) is 0 Å². The Labute approximate surface area is 417 Å². The van der Waals surface area contributed by atoms with Crippen molar-refractivity contribution >= 4 is 44.7 Å². The molecule has 2 aliphatic rings. The molecule has 19 heteroatoms. The van der Waals surface area contributed by atoms with Crippen LogP contribution in [0.5, 0.6) is 5.75 Å². The van der Waals surface area contributed by atoms with Crippen molar-refractivity contribution in [3.8, 4) is 11.4 Å². The number of ketones is 1. The van der Waals surface area contributed by atoms with Crippen molar-refractivity contribution in [2.24, 2.45) is 5.92 Å². The van der Waals surface area contributed by atoms with Gasteiger partial charge in [0.05, 0.1) is 44.0 Å². The summed E-state index contributed by atoms with van der Waals surface area (Å²) in [5.74, 6) is -1.76. The van der Waals surface area contributed by atoms with E-state index in [1.165, 1.54) is 34.0 Å². The zero-order chi connectivity index (χ0) is 50.2. The van der Waals surface area contributed by atoms with E-state index in [1.807, 2.05) is 43.3 Å². The first kappa shape index (κ1) is 50.2. The Hall–Kier alpha value is -7.22. The second-order valence-electron chi connectivity index (χ2n) is 17.6. The molecule has 0 unspecified atom stereocenters. The Kier molecular flexibility index (Phi) is 15.7. The summed E-state index contributed by atoms with van der Waals surface area (Å²) in [5.41, 5.74) is 9.34. The van der Waals surface area contributed by atoms with Gasteiger partial charge < -0.3 is 35.2 Å². The van der Waals surface area contributed by atoms with Gasteiger partial charge in [0.25, 0.3) is 0 Å². The lowest BCUT2D eigenvalue weighted by molar-refractivity contribution is -0.136. The Morgan fingerprint density at radius 2 is 1.56 bits per heavy atom. The van der Waals surface area contributed by atoms with Gasteiger partial charge in [0.1, 0.15) is 42.0 Å². The van der Waals surface area contributed by atoms with Crippen molar-refractivity contribution in [2.75, 3.05) is 54.9 Å². The van der Waals surface area contributed by atoms with Crippen LogP contribution in [-0.2, 0) is 28.1 Å². The minimum absolute atomic E-state index is 0.0121. The summed E-state index contributed by atoms with van der Waals surface area (Å²) in [5, 5.41) is 27.3. The number of piperazine rings is 1. The number of ether oxygens (including phenoxy) is 2. The number of nitrogen functional groups attached to an aromatic ring is 1. The maximum absolute atomic E-state index is 15.0. The summed E-state index contributed by atoms with van der Waals surface area (Å²) in [6.45, 7) is 7.97. The van der Waals surface area contributed by atoms with Crippen LogP contribution in [0, 0.1) is 17.6 Å². The van der Waals surface area contributed by atoms with Crippen LogP contribution >= 0.6 is 15.9 Å². The van der Waals surface area contributed by atoms with E-state index in [-0.39, 0.29) is 42.1 Å². The van der Waals surface area contributed by atoms with E-state index in [4.69, 9.17) is 20.3 Å². The molecule has 0 bridgehead atoms. The quantitative estimate of drug-likeness (QED) is 0.0638. The second-order valence-corrected chi connectivity index (χ2v) is 18.5. The van der Waals surface area contributed by atoms with Crippen molar-refractivity contribution in [3.63, 3.8) is 0 Å². The Morgan fingerprint density at radius 3 is 2.17 bits per heavy atom. The standard InChI is InChI=1S/C37H42F2N8O4.C15H12BrNO3/c1-3-35(26(2)48)47-36(49)46(25-42-47)31-7-5-29(6-8-31)43-14-16-44(17-15-43)30-9-11-32(12-10-30)50-20-27-19-37(51-21-27,22-45-24-40-23-41-45)33-13-4-28(38)18-34(33)39;16-11-6-4-9(5-7-11)15(20)12-3-1-2-10(14(12)17)8-13(18)19/h4-13,18,23-27,35,48H,3,14-17,19-22H2,1-2H3;1-7H,8,17H2,(H,18,19)/t26-,27+,35-,37-;/m0./s1. The molecule has 5 aromatic carbocycles. The SMILES string of the molecule is CC[C@@H]([C@H](C)O)n1ncn(-c2ccc(N3CCN(c4ccc(OC[C@@H]5CO[C@@](Cn6cncn6)(c6ccc(F)cc6F)C5)cc4)CC3)cc2)c1=O.Nc1c(CC(=O)O)cccc1C(=O)c1ccc(Br)cc1. The molecule has 4 atom stereocenters. The largest absolute Gasteiger partial charge is 0.493 e. The van der Waals surface area contributed by atoms with Crippen molar-refractivity contribution in [1.29, 1.82) is 0 Å². The molecule has 0 saturated carbocycles. The number of carbonyl (C=O) groups excluding carboxylic acids is 1. The van der Waals surface area contributed by atoms with Gasteiger partial charge in [-0.05, 0) is 110 Å². The lowest BCUT2D eigenvalue weighted by atomic mass is 9.87. The molecule has 2 saturated heterocycles. The number of para-hydroxylation sites is 1. The number of aromatic nitrogens is 6. The van der Waals surface area contributed by atoms with E-state index in [0.29, 0.717) is 48.3 Å². The van der Waals surface area contributed by atoms with Gasteiger partial charge in [-0.3, -0.25) is 9.59 Å². The minimum Gasteiger partial charge on any atom is -0.493 e. The van der Waals surface area contributed by atoms with Gasteiger partial charge in [-0.2, -0.15) is 10.2 Å². The van der Waals surface area contributed by atoms with Crippen LogP contribution in [0.1, 0.15) is 59.8 Å². The maximum atomic E-state index is 15.0. The number of anilines is 3. The first-order valence-electron chi connectivity index (χ1n) is 23.2. The van der Waals surface area contributed by atoms with Gasteiger partial charge in [0.2, 0.25) is 0 Å². The van der Waals surface area contributed by atoms with Gasteiger partial charge in [-0.15, -0.1) is 0 Å². The molecular formula is C52H54BrF2N9O7. The third-order valence-corrected chi connectivity index (χ3v) is 13.4. The predicted octanol–water partition coefficient (Wildman–Crippen LogP) is 7.46. The van der Waals surface area contributed by atoms with Crippen LogP contribution in [0.3, 0.4) is 0 Å². The number of benzene rings is 5. The number of carboxylic acids is 1. The number of nitrogens with zero attached hydrogens (tertiary/aromatic N) is 8. The molecular weight excluding hydrogens is 981 g/mol. The van der Waals surface area contributed by atoms with E-state index in [2.05, 4.69) is 53.0 Å². The second kappa shape index (κ2) is 22.2. The van der Waals surface area contributed by atoms with Crippen LogP contribution in [0.4, 0.5) is 25.8 Å². The normalized spacial score (nSPS) is 17.6. The van der Waals surface area contributed by atoms with Crippen LogP contribution in [0.25, 0.3) is 5.69 Å².